The Kier molecular flexibility index (Phi) is 8.13. The van der Waals surface area contributed by atoms with Crippen LogP contribution in [0.1, 0.15) is 45.6 Å². The Bertz CT molecular complexity index is 648. The molecule has 0 saturated carbocycles. The van der Waals surface area contributed by atoms with Gasteiger partial charge in [-0.05, 0) is 57.7 Å². The van der Waals surface area contributed by atoms with Gasteiger partial charge >= 0.3 is 6.09 Å². The summed E-state index contributed by atoms with van der Waals surface area (Å²) in [5.41, 5.74) is -1.15. The molecule has 1 fully saturated rings. The summed E-state index contributed by atoms with van der Waals surface area (Å²) in [6, 6.07) is 7.18. The molecule has 1 saturated heterocycles. The van der Waals surface area contributed by atoms with Gasteiger partial charge in [-0.3, -0.25) is 0 Å². The monoisotopic (exact) mass is 413 g/mol. The Morgan fingerprint density at radius 1 is 1.36 bits per heavy atom. The van der Waals surface area contributed by atoms with E-state index in [1.54, 1.807) is 24.1 Å². The number of morpholine rings is 1. The molecule has 158 valence electrons. The van der Waals surface area contributed by atoms with Crippen molar-refractivity contribution >= 4 is 17.7 Å². The number of halogens is 1. The molecule has 1 aliphatic heterocycles. The summed E-state index contributed by atoms with van der Waals surface area (Å²) < 4.78 is 16.5. The maximum absolute atomic E-state index is 12.5. The van der Waals surface area contributed by atoms with Gasteiger partial charge in [-0.25, -0.2) is 4.79 Å². The van der Waals surface area contributed by atoms with Crippen LogP contribution < -0.4 is 0 Å². The summed E-state index contributed by atoms with van der Waals surface area (Å²) in [5.74, 6) is 0. The van der Waals surface area contributed by atoms with Crippen molar-refractivity contribution in [1.82, 2.24) is 4.90 Å². The van der Waals surface area contributed by atoms with Crippen LogP contribution in [0.5, 0.6) is 0 Å². The minimum Gasteiger partial charge on any atom is -0.444 e. The van der Waals surface area contributed by atoms with Crippen molar-refractivity contribution in [2.24, 2.45) is 0 Å². The van der Waals surface area contributed by atoms with E-state index in [2.05, 4.69) is 0 Å². The second-order valence-electron chi connectivity index (χ2n) is 8.17. The standard InChI is InChI=1S/C21H32ClNO5/c1-20(2,3)28-19(24)23-11-13-27-18(15-23)21(25,10-5-6-12-26-4)16-8-7-9-17(22)14-16/h7-9,14,18,25H,5-6,10-13,15H2,1-4H3/t18-,21-/m1/s1. The summed E-state index contributed by atoms with van der Waals surface area (Å²) in [6.45, 7) is 7.15. The molecule has 0 spiro atoms. The van der Waals surface area contributed by atoms with Crippen LogP contribution in [-0.4, -0.2) is 61.2 Å². The number of rotatable bonds is 7. The number of benzene rings is 1. The molecule has 28 heavy (non-hydrogen) atoms. The lowest BCUT2D eigenvalue weighted by Crippen LogP contribution is -2.55. The quantitative estimate of drug-likeness (QED) is 0.685. The van der Waals surface area contributed by atoms with E-state index in [0.29, 0.717) is 36.8 Å². The number of methoxy groups -OCH3 is 1. The third-order valence-corrected chi connectivity index (χ3v) is 4.97. The first kappa shape index (κ1) is 22.9. The van der Waals surface area contributed by atoms with Gasteiger partial charge in [0.2, 0.25) is 0 Å². The van der Waals surface area contributed by atoms with E-state index in [9.17, 15) is 9.90 Å². The fraction of sp³-hybridized carbons (Fsp3) is 0.667. The first-order valence-electron chi connectivity index (χ1n) is 9.72. The number of nitrogens with zero attached hydrogens (tertiary/aromatic N) is 1. The molecule has 1 heterocycles. The van der Waals surface area contributed by atoms with Gasteiger partial charge in [-0.1, -0.05) is 23.7 Å². The lowest BCUT2D eigenvalue weighted by Gasteiger charge is -2.42. The van der Waals surface area contributed by atoms with E-state index < -0.39 is 23.4 Å². The molecule has 0 bridgehead atoms. The highest BCUT2D eigenvalue weighted by atomic mass is 35.5. The highest BCUT2D eigenvalue weighted by Crippen LogP contribution is 2.35. The van der Waals surface area contributed by atoms with Crippen molar-refractivity contribution in [3.8, 4) is 0 Å². The van der Waals surface area contributed by atoms with Gasteiger partial charge in [0.15, 0.2) is 0 Å². The number of carbonyl (C=O) groups excluding carboxylic acids is 1. The number of ether oxygens (including phenoxy) is 3. The summed E-state index contributed by atoms with van der Waals surface area (Å²) in [4.78, 5) is 14.1. The highest BCUT2D eigenvalue weighted by Gasteiger charge is 2.43. The van der Waals surface area contributed by atoms with E-state index in [0.717, 1.165) is 12.8 Å². The maximum Gasteiger partial charge on any atom is 0.410 e. The van der Waals surface area contributed by atoms with Crippen LogP contribution >= 0.6 is 11.6 Å². The van der Waals surface area contributed by atoms with Crippen molar-refractivity contribution in [2.75, 3.05) is 33.4 Å². The lowest BCUT2D eigenvalue weighted by molar-refractivity contribution is -0.150. The fourth-order valence-corrected chi connectivity index (χ4v) is 3.51. The van der Waals surface area contributed by atoms with Gasteiger partial charge in [-0.2, -0.15) is 0 Å². The average Bonchev–Trinajstić information content (AvgIpc) is 2.64. The van der Waals surface area contributed by atoms with Crippen LogP contribution in [0.2, 0.25) is 5.02 Å². The minimum absolute atomic E-state index is 0.252. The van der Waals surface area contributed by atoms with Gasteiger partial charge in [0.25, 0.3) is 0 Å². The molecule has 6 nitrogen and oxygen atoms in total. The minimum atomic E-state index is -1.26. The normalized spacial score (nSPS) is 19.9. The first-order chi connectivity index (χ1) is 13.2. The number of hydrogen-bond acceptors (Lipinski definition) is 5. The molecule has 0 radical (unpaired) electrons. The maximum atomic E-state index is 12.5. The Morgan fingerprint density at radius 2 is 2.11 bits per heavy atom. The first-order valence-corrected chi connectivity index (χ1v) is 10.1. The summed E-state index contributed by atoms with van der Waals surface area (Å²) in [6.07, 6.45) is 1.08. The third kappa shape index (κ3) is 6.34. The van der Waals surface area contributed by atoms with E-state index in [1.165, 1.54) is 0 Å². The molecule has 2 rings (SSSR count). The van der Waals surface area contributed by atoms with Gasteiger partial charge in [-0.15, -0.1) is 0 Å². The van der Waals surface area contributed by atoms with E-state index in [1.807, 2.05) is 32.9 Å². The molecule has 0 aromatic heterocycles. The summed E-state index contributed by atoms with van der Waals surface area (Å²) in [5, 5.41) is 12.2. The third-order valence-electron chi connectivity index (χ3n) is 4.73. The van der Waals surface area contributed by atoms with Crippen molar-refractivity contribution in [2.45, 2.75) is 57.3 Å². The van der Waals surface area contributed by atoms with Crippen LogP contribution in [-0.2, 0) is 19.8 Å². The Morgan fingerprint density at radius 3 is 2.75 bits per heavy atom. The summed E-state index contributed by atoms with van der Waals surface area (Å²) in [7, 11) is 1.66. The Labute approximate surface area is 172 Å². The number of amides is 1. The number of aliphatic hydroxyl groups is 1. The molecule has 0 unspecified atom stereocenters. The van der Waals surface area contributed by atoms with Crippen LogP contribution in [0.4, 0.5) is 4.79 Å². The van der Waals surface area contributed by atoms with Crippen molar-refractivity contribution in [3.05, 3.63) is 34.9 Å². The van der Waals surface area contributed by atoms with Crippen LogP contribution in [0.25, 0.3) is 0 Å². The molecule has 1 aromatic carbocycles. The van der Waals surface area contributed by atoms with Crippen molar-refractivity contribution < 1.29 is 24.1 Å². The summed E-state index contributed by atoms with van der Waals surface area (Å²) >= 11 is 6.17. The van der Waals surface area contributed by atoms with Crippen LogP contribution in [0.3, 0.4) is 0 Å². The van der Waals surface area contributed by atoms with Gasteiger partial charge in [0.05, 0.1) is 13.2 Å². The number of hydrogen-bond donors (Lipinski definition) is 1. The van der Waals surface area contributed by atoms with E-state index in [4.69, 9.17) is 25.8 Å². The molecule has 1 amide bonds. The Balaban J connectivity index is 2.20. The van der Waals surface area contributed by atoms with Crippen LogP contribution in [0, 0.1) is 0 Å². The second-order valence-corrected chi connectivity index (χ2v) is 8.61. The molecule has 1 aliphatic rings. The molecule has 7 heteroatoms. The molecule has 0 aliphatic carbocycles. The zero-order valence-electron chi connectivity index (χ0n) is 17.2. The lowest BCUT2D eigenvalue weighted by atomic mass is 9.82. The fourth-order valence-electron chi connectivity index (χ4n) is 3.32. The van der Waals surface area contributed by atoms with Crippen molar-refractivity contribution in [3.63, 3.8) is 0 Å². The SMILES string of the molecule is COCCCC[C@@](O)(c1cccc(Cl)c1)[C@H]1CN(C(=O)OC(C)(C)C)CCO1. The van der Waals surface area contributed by atoms with Crippen LogP contribution in [0.15, 0.2) is 24.3 Å². The predicted octanol–water partition coefficient (Wildman–Crippen LogP) is 3.98. The van der Waals surface area contributed by atoms with E-state index >= 15 is 0 Å². The van der Waals surface area contributed by atoms with Gasteiger partial charge in [0, 0.05) is 25.3 Å². The molecular weight excluding hydrogens is 382 g/mol. The Hall–Kier alpha value is -1.34. The van der Waals surface area contributed by atoms with Gasteiger partial charge in [0.1, 0.15) is 17.3 Å². The molecule has 2 atom stereocenters. The zero-order valence-corrected chi connectivity index (χ0v) is 18.0. The molecule has 1 N–H and O–H groups in total. The molecular formula is C21H32ClNO5. The number of unbranched alkanes of at least 4 members (excludes halogenated alkanes) is 1. The second kappa shape index (κ2) is 9.92. The van der Waals surface area contributed by atoms with Crippen molar-refractivity contribution in [1.29, 1.82) is 0 Å². The largest absolute Gasteiger partial charge is 0.444 e. The van der Waals surface area contributed by atoms with Gasteiger partial charge < -0.3 is 24.2 Å². The smallest absolute Gasteiger partial charge is 0.410 e. The van der Waals surface area contributed by atoms with E-state index in [-0.39, 0.29) is 6.54 Å². The predicted molar refractivity (Wildman–Crippen MR) is 109 cm³/mol. The zero-order chi connectivity index (χ0) is 20.8. The molecule has 1 aromatic rings. The topological polar surface area (TPSA) is 68.2 Å². The average molecular weight is 414 g/mol. The highest BCUT2D eigenvalue weighted by molar-refractivity contribution is 6.30. The number of carbonyl (C=O) groups is 1.